The third-order valence-electron chi connectivity index (χ3n) is 4.89. The molecule has 0 saturated heterocycles. The van der Waals surface area contributed by atoms with Gasteiger partial charge in [0.25, 0.3) is 0 Å². The summed E-state index contributed by atoms with van der Waals surface area (Å²) >= 11 is 0. The molecule has 1 aliphatic rings. The van der Waals surface area contributed by atoms with Crippen LogP contribution in [0.1, 0.15) is 73.1 Å². The van der Waals surface area contributed by atoms with Gasteiger partial charge in [0, 0.05) is 0 Å². The Morgan fingerprint density at radius 3 is 2.38 bits per heavy atom. The fraction of sp³-hybridized carbons (Fsp3) is 1.00. The highest BCUT2D eigenvalue weighted by molar-refractivity contribution is 4.80. The van der Waals surface area contributed by atoms with Gasteiger partial charge in [0.1, 0.15) is 0 Å². The minimum atomic E-state index is 0.898. The highest BCUT2D eigenvalue weighted by Crippen LogP contribution is 2.40. The summed E-state index contributed by atoms with van der Waals surface area (Å²) in [6.07, 6.45) is 8.76. The zero-order chi connectivity index (χ0) is 12.1. The van der Waals surface area contributed by atoms with E-state index in [0.717, 1.165) is 29.6 Å². The summed E-state index contributed by atoms with van der Waals surface area (Å²) in [6.45, 7) is 12.0. The number of hydrogen-bond donors (Lipinski definition) is 0. The number of hydrogen-bond acceptors (Lipinski definition) is 0. The molecule has 0 aromatic carbocycles. The van der Waals surface area contributed by atoms with Crippen LogP contribution in [-0.4, -0.2) is 0 Å². The first-order chi connectivity index (χ1) is 7.54. The lowest BCUT2D eigenvalue weighted by Crippen LogP contribution is -2.27. The summed E-state index contributed by atoms with van der Waals surface area (Å²) in [5, 5.41) is 0. The number of rotatable bonds is 5. The fourth-order valence-corrected chi connectivity index (χ4v) is 3.43. The Morgan fingerprint density at radius 1 is 1.12 bits per heavy atom. The molecule has 0 aromatic heterocycles. The van der Waals surface area contributed by atoms with Gasteiger partial charge in [-0.3, -0.25) is 0 Å². The van der Waals surface area contributed by atoms with Gasteiger partial charge >= 0.3 is 0 Å². The van der Waals surface area contributed by atoms with Gasteiger partial charge in [0.05, 0.1) is 0 Å². The zero-order valence-corrected chi connectivity index (χ0v) is 12.1. The molecule has 1 aliphatic carbocycles. The monoisotopic (exact) mass is 224 g/mol. The third-order valence-corrected chi connectivity index (χ3v) is 4.89. The average molecular weight is 224 g/mol. The second kappa shape index (κ2) is 6.67. The maximum Gasteiger partial charge on any atom is -0.0362 e. The zero-order valence-electron chi connectivity index (χ0n) is 12.1. The van der Waals surface area contributed by atoms with Crippen molar-refractivity contribution in [3.8, 4) is 0 Å². The summed E-state index contributed by atoms with van der Waals surface area (Å²) in [5.41, 5.74) is 0. The Bertz CT molecular complexity index is 182. The molecule has 4 unspecified atom stereocenters. The van der Waals surface area contributed by atoms with Crippen molar-refractivity contribution in [3.63, 3.8) is 0 Å². The van der Waals surface area contributed by atoms with E-state index in [1.807, 2.05) is 0 Å². The van der Waals surface area contributed by atoms with Gasteiger partial charge in [-0.2, -0.15) is 0 Å². The molecule has 0 aromatic rings. The van der Waals surface area contributed by atoms with Crippen LogP contribution in [-0.2, 0) is 0 Å². The first kappa shape index (κ1) is 14.1. The lowest BCUT2D eigenvalue weighted by atomic mass is 9.68. The van der Waals surface area contributed by atoms with Gasteiger partial charge in [0.2, 0.25) is 0 Å². The third kappa shape index (κ3) is 4.11. The first-order valence-corrected chi connectivity index (χ1v) is 7.54. The molecular formula is C16H32. The molecule has 16 heavy (non-hydrogen) atoms. The van der Waals surface area contributed by atoms with Gasteiger partial charge in [-0.1, -0.05) is 53.9 Å². The van der Waals surface area contributed by atoms with Crippen molar-refractivity contribution in [2.45, 2.75) is 73.1 Å². The molecule has 0 heterocycles. The van der Waals surface area contributed by atoms with Crippen molar-refractivity contribution < 1.29 is 0 Å². The normalized spacial score (nSPS) is 33.0. The van der Waals surface area contributed by atoms with Crippen LogP contribution in [0.3, 0.4) is 0 Å². The lowest BCUT2D eigenvalue weighted by Gasteiger charge is -2.38. The Morgan fingerprint density at radius 2 is 1.81 bits per heavy atom. The van der Waals surface area contributed by atoms with Crippen molar-refractivity contribution >= 4 is 0 Å². The van der Waals surface area contributed by atoms with Crippen LogP contribution in [0.5, 0.6) is 0 Å². The van der Waals surface area contributed by atoms with Gasteiger partial charge in [-0.25, -0.2) is 0 Å². The van der Waals surface area contributed by atoms with E-state index in [2.05, 4.69) is 34.6 Å². The maximum absolute atomic E-state index is 2.45. The van der Waals surface area contributed by atoms with Gasteiger partial charge in [-0.05, 0) is 48.9 Å². The topological polar surface area (TPSA) is 0 Å². The minimum Gasteiger partial charge on any atom is -0.0651 e. The molecule has 0 heteroatoms. The molecule has 0 nitrogen and oxygen atoms in total. The SMILES string of the molecule is CCC(C)CCC1CC(C)CCC1C(C)C. The molecule has 4 atom stereocenters. The van der Waals surface area contributed by atoms with E-state index in [1.54, 1.807) is 0 Å². The molecule has 0 aliphatic heterocycles. The summed E-state index contributed by atoms with van der Waals surface area (Å²) in [4.78, 5) is 0. The molecule has 0 N–H and O–H groups in total. The summed E-state index contributed by atoms with van der Waals surface area (Å²) < 4.78 is 0. The van der Waals surface area contributed by atoms with E-state index in [4.69, 9.17) is 0 Å². The van der Waals surface area contributed by atoms with Crippen molar-refractivity contribution in [2.24, 2.45) is 29.6 Å². The highest BCUT2D eigenvalue weighted by Gasteiger charge is 2.30. The predicted octanol–water partition coefficient (Wildman–Crippen LogP) is 5.52. The first-order valence-electron chi connectivity index (χ1n) is 7.54. The quantitative estimate of drug-likeness (QED) is 0.576. The van der Waals surface area contributed by atoms with Crippen molar-refractivity contribution in [1.29, 1.82) is 0 Å². The minimum absolute atomic E-state index is 0.898. The van der Waals surface area contributed by atoms with Crippen LogP contribution in [0.2, 0.25) is 0 Å². The van der Waals surface area contributed by atoms with Crippen molar-refractivity contribution in [3.05, 3.63) is 0 Å². The Balaban J connectivity index is 2.44. The van der Waals surface area contributed by atoms with E-state index >= 15 is 0 Å². The smallest absolute Gasteiger partial charge is 0.0362 e. The van der Waals surface area contributed by atoms with Crippen LogP contribution < -0.4 is 0 Å². The molecule has 1 saturated carbocycles. The van der Waals surface area contributed by atoms with Crippen LogP contribution in [0.15, 0.2) is 0 Å². The molecule has 0 bridgehead atoms. The van der Waals surface area contributed by atoms with Crippen LogP contribution >= 0.6 is 0 Å². The average Bonchev–Trinajstić information content (AvgIpc) is 2.25. The molecule has 0 spiro atoms. The fourth-order valence-electron chi connectivity index (χ4n) is 3.43. The van der Waals surface area contributed by atoms with E-state index in [0.29, 0.717) is 0 Å². The molecule has 0 amide bonds. The van der Waals surface area contributed by atoms with E-state index in [1.165, 1.54) is 38.5 Å². The molecular weight excluding hydrogens is 192 g/mol. The van der Waals surface area contributed by atoms with Crippen LogP contribution in [0, 0.1) is 29.6 Å². The second-order valence-corrected chi connectivity index (χ2v) is 6.68. The van der Waals surface area contributed by atoms with Gasteiger partial charge < -0.3 is 0 Å². The Kier molecular flexibility index (Phi) is 5.86. The van der Waals surface area contributed by atoms with E-state index in [9.17, 15) is 0 Å². The summed E-state index contributed by atoms with van der Waals surface area (Å²) in [6, 6.07) is 0. The second-order valence-electron chi connectivity index (χ2n) is 6.68. The Labute approximate surface area is 103 Å². The van der Waals surface area contributed by atoms with Crippen molar-refractivity contribution in [2.75, 3.05) is 0 Å². The molecule has 1 rings (SSSR count). The van der Waals surface area contributed by atoms with Crippen molar-refractivity contribution in [1.82, 2.24) is 0 Å². The lowest BCUT2D eigenvalue weighted by molar-refractivity contribution is 0.130. The molecule has 1 fully saturated rings. The maximum atomic E-state index is 2.45. The van der Waals surface area contributed by atoms with Crippen LogP contribution in [0.4, 0.5) is 0 Å². The highest BCUT2D eigenvalue weighted by atomic mass is 14.4. The predicted molar refractivity (Wildman–Crippen MR) is 73.5 cm³/mol. The van der Waals surface area contributed by atoms with Gasteiger partial charge in [0.15, 0.2) is 0 Å². The Hall–Kier alpha value is 0. The summed E-state index contributed by atoms with van der Waals surface area (Å²) in [5.74, 6) is 4.86. The van der Waals surface area contributed by atoms with E-state index < -0.39 is 0 Å². The molecule has 0 radical (unpaired) electrons. The largest absolute Gasteiger partial charge is 0.0651 e. The van der Waals surface area contributed by atoms with E-state index in [-0.39, 0.29) is 0 Å². The summed E-state index contributed by atoms with van der Waals surface area (Å²) in [7, 11) is 0. The molecule has 96 valence electrons. The standard InChI is InChI=1S/C16H32/c1-6-13(4)7-9-15-11-14(5)8-10-16(15)12(2)3/h12-16H,6-11H2,1-5H3. The van der Waals surface area contributed by atoms with Gasteiger partial charge in [-0.15, -0.1) is 0 Å². The van der Waals surface area contributed by atoms with Crippen LogP contribution in [0.25, 0.3) is 0 Å².